The van der Waals surface area contributed by atoms with E-state index in [9.17, 15) is 17.8 Å². The van der Waals surface area contributed by atoms with Crippen molar-refractivity contribution in [3.63, 3.8) is 0 Å². The highest BCUT2D eigenvalue weighted by Gasteiger charge is 2.07. The van der Waals surface area contributed by atoms with Gasteiger partial charge in [0, 0.05) is 6.61 Å². The molecule has 0 aliphatic carbocycles. The molecule has 0 saturated carbocycles. The maximum absolute atomic E-state index is 10.6. The topological polar surface area (TPSA) is 92.7 Å². The van der Waals surface area contributed by atoms with Crippen LogP contribution < -0.4 is 0 Å². The van der Waals surface area contributed by atoms with Gasteiger partial charge in [0.2, 0.25) is 0 Å². The van der Waals surface area contributed by atoms with Gasteiger partial charge in [-0.25, -0.2) is 8.42 Å². The third-order valence-corrected chi connectivity index (χ3v) is 1.58. The minimum absolute atomic E-state index is 0.0395. The second kappa shape index (κ2) is 5.90. The van der Waals surface area contributed by atoms with Crippen LogP contribution in [0.1, 0.15) is 6.92 Å². The molecular weight excluding hydrogens is 200 g/mol. The van der Waals surface area contributed by atoms with Gasteiger partial charge in [-0.3, -0.25) is 4.79 Å². The number of hydrogen-bond donors (Lipinski definition) is 0. The third-order valence-electron chi connectivity index (χ3n) is 0.989. The molecule has 0 aliphatic heterocycles. The normalized spacial score (nSPS) is 11.2. The van der Waals surface area contributed by atoms with E-state index in [0.29, 0.717) is 6.61 Å². The molecule has 0 amide bonds. The summed E-state index contributed by atoms with van der Waals surface area (Å²) in [5.41, 5.74) is 0. The van der Waals surface area contributed by atoms with Crippen molar-refractivity contribution in [1.82, 2.24) is 0 Å². The quantitative estimate of drug-likeness (QED) is 0.321. The van der Waals surface area contributed by atoms with Crippen molar-refractivity contribution in [2.75, 3.05) is 25.6 Å². The molecule has 0 fully saturated rings. The lowest BCUT2D eigenvalue weighted by Gasteiger charge is -2.06. The van der Waals surface area contributed by atoms with Gasteiger partial charge in [0.15, 0.2) is 0 Å². The molecule has 0 aromatic rings. The SMILES string of the molecule is CCOCCOC(=O)CS(=O)(=O)[O-]. The molecule has 0 saturated heterocycles. The van der Waals surface area contributed by atoms with E-state index < -0.39 is 21.8 Å². The van der Waals surface area contributed by atoms with Gasteiger partial charge < -0.3 is 14.0 Å². The highest BCUT2D eigenvalue weighted by atomic mass is 32.2. The van der Waals surface area contributed by atoms with E-state index in [1.54, 1.807) is 6.92 Å². The highest BCUT2D eigenvalue weighted by Crippen LogP contribution is 1.86. The van der Waals surface area contributed by atoms with E-state index in [-0.39, 0.29) is 13.2 Å². The monoisotopic (exact) mass is 211 g/mol. The molecule has 78 valence electrons. The summed E-state index contributed by atoms with van der Waals surface area (Å²) in [6.07, 6.45) is 0. The Morgan fingerprint density at radius 3 is 2.46 bits per heavy atom. The molecule has 0 aliphatic rings. The van der Waals surface area contributed by atoms with Crippen LogP contribution in [0.2, 0.25) is 0 Å². The number of ether oxygens (including phenoxy) is 2. The van der Waals surface area contributed by atoms with Crippen molar-refractivity contribution in [2.45, 2.75) is 6.92 Å². The summed E-state index contributed by atoms with van der Waals surface area (Å²) in [5, 5.41) is 0. The van der Waals surface area contributed by atoms with Gasteiger partial charge in [0.05, 0.1) is 6.61 Å². The molecule has 0 bridgehead atoms. The van der Waals surface area contributed by atoms with Crippen LogP contribution in [0.4, 0.5) is 0 Å². The van der Waals surface area contributed by atoms with Crippen molar-refractivity contribution in [2.24, 2.45) is 0 Å². The van der Waals surface area contributed by atoms with Gasteiger partial charge >= 0.3 is 5.97 Å². The fourth-order valence-electron chi connectivity index (χ4n) is 0.545. The third kappa shape index (κ3) is 9.25. The molecular formula is C6H11O6S-. The van der Waals surface area contributed by atoms with Gasteiger partial charge in [0.25, 0.3) is 0 Å². The Bertz CT molecular complexity index is 244. The lowest BCUT2D eigenvalue weighted by atomic mass is 10.7. The maximum atomic E-state index is 10.6. The van der Waals surface area contributed by atoms with Crippen molar-refractivity contribution >= 4 is 16.1 Å². The second-order valence-electron chi connectivity index (χ2n) is 2.12. The van der Waals surface area contributed by atoms with E-state index in [2.05, 4.69) is 4.74 Å². The van der Waals surface area contributed by atoms with E-state index in [1.165, 1.54) is 0 Å². The number of carbonyl (C=O) groups excluding carboxylic acids is 1. The summed E-state index contributed by atoms with van der Waals surface area (Å²) in [5.74, 6) is -2.17. The van der Waals surface area contributed by atoms with Crippen molar-refractivity contribution in [1.29, 1.82) is 0 Å². The fraction of sp³-hybridized carbons (Fsp3) is 0.833. The van der Waals surface area contributed by atoms with Crippen LogP contribution in [0.15, 0.2) is 0 Å². The van der Waals surface area contributed by atoms with E-state index >= 15 is 0 Å². The molecule has 0 atom stereocenters. The van der Waals surface area contributed by atoms with Crippen LogP contribution in [-0.2, 0) is 24.4 Å². The molecule has 0 unspecified atom stereocenters. The molecule has 7 heteroatoms. The number of esters is 1. The predicted octanol–water partition coefficient (Wildman–Crippen LogP) is -0.889. The fourth-order valence-corrected chi connectivity index (χ4v) is 0.917. The zero-order chi connectivity index (χ0) is 10.3. The molecule has 0 aromatic carbocycles. The smallest absolute Gasteiger partial charge is 0.320 e. The lowest BCUT2D eigenvalue weighted by molar-refractivity contribution is -0.142. The van der Waals surface area contributed by atoms with Crippen molar-refractivity contribution in [3.05, 3.63) is 0 Å². The molecule has 0 radical (unpaired) electrons. The average Bonchev–Trinajstić information content (AvgIpc) is 1.94. The van der Waals surface area contributed by atoms with E-state index in [1.807, 2.05) is 0 Å². The summed E-state index contributed by atoms with van der Waals surface area (Å²) >= 11 is 0. The van der Waals surface area contributed by atoms with Gasteiger partial charge in [-0.05, 0) is 6.92 Å². The van der Waals surface area contributed by atoms with E-state index in [0.717, 1.165) is 0 Å². The number of rotatable bonds is 6. The van der Waals surface area contributed by atoms with E-state index in [4.69, 9.17) is 4.74 Å². The molecule has 0 rings (SSSR count). The first-order chi connectivity index (χ1) is 5.95. The first kappa shape index (κ1) is 12.3. The maximum Gasteiger partial charge on any atom is 0.320 e. The zero-order valence-corrected chi connectivity index (χ0v) is 8.00. The standard InChI is InChI=1S/C6H12O6S/c1-2-11-3-4-12-6(7)5-13(8,9)10/h2-5H2,1H3,(H,8,9,10)/p-1. The number of carbonyl (C=O) groups is 1. The number of hydrogen-bond acceptors (Lipinski definition) is 6. The van der Waals surface area contributed by atoms with Crippen LogP contribution in [-0.4, -0.2) is 44.5 Å². The Morgan fingerprint density at radius 2 is 2.00 bits per heavy atom. The van der Waals surface area contributed by atoms with Crippen LogP contribution >= 0.6 is 0 Å². The first-order valence-corrected chi connectivity index (χ1v) is 5.20. The lowest BCUT2D eigenvalue weighted by Crippen LogP contribution is -2.19. The summed E-state index contributed by atoms with van der Waals surface area (Å²) in [4.78, 5) is 10.6. The minimum atomic E-state index is -4.53. The first-order valence-electron chi connectivity index (χ1n) is 3.62. The second-order valence-corrected chi connectivity index (χ2v) is 3.52. The van der Waals surface area contributed by atoms with Gasteiger partial charge in [0.1, 0.15) is 22.5 Å². The van der Waals surface area contributed by atoms with Crippen molar-refractivity contribution in [3.8, 4) is 0 Å². The Balaban J connectivity index is 3.53. The van der Waals surface area contributed by atoms with Crippen LogP contribution in [0, 0.1) is 0 Å². The van der Waals surface area contributed by atoms with Gasteiger partial charge in [-0.2, -0.15) is 0 Å². The zero-order valence-electron chi connectivity index (χ0n) is 7.19. The molecule has 6 nitrogen and oxygen atoms in total. The van der Waals surface area contributed by atoms with Gasteiger partial charge in [-0.1, -0.05) is 0 Å². The Hall–Kier alpha value is -0.660. The molecule has 0 N–H and O–H groups in total. The summed E-state index contributed by atoms with van der Waals surface area (Å²) in [6.45, 7) is 2.41. The largest absolute Gasteiger partial charge is 0.748 e. The molecule has 13 heavy (non-hydrogen) atoms. The van der Waals surface area contributed by atoms with Crippen LogP contribution in [0.3, 0.4) is 0 Å². The molecule has 0 spiro atoms. The molecule has 0 heterocycles. The molecule has 0 aromatic heterocycles. The Labute approximate surface area is 76.6 Å². The highest BCUT2D eigenvalue weighted by molar-refractivity contribution is 7.86. The summed E-state index contributed by atoms with van der Waals surface area (Å²) in [7, 11) is -4.53. The van der Waals surface area contributed by atoms with Crippen LogP contribution in [0.25, 0.3) is 0 Å². The Kier molecular flexibility index (Phi) is 5.60. The van der Waals surface area contributed by atoms with Crippen molar-refractivity contribution < 1.29 is 27.2 Å². The Morgan fingerprint density at radius 1 is 1.38 bits per heavy atom. The van der Waals surface area contributed by atoms with Gasteiger partial charge in [-0.15, -0.1) is 0 Å². The average molecular weight is 211 g/mol. The summed E-state index contributed by atoms with van der Waals surface area (Å²) < 4.78 is 39.3. The minimum Gasteiger partial charge on any atom is -0.748 e. The summed E-state index contributed by atoms with van der Waals surface area (Å²) in [6, 6.07) is 0. The van der Waals surface area contributed by atoms with Crippen LogP contribution in [0.5, 0.6) is 0 Å². The predicted molar refractivity (Wildman–Crippen MR) is 42.0 cm³/mol.